The monoisotopic (exact) mass is 806 g/mol. The van der Waals surface area contributed by atoms with Crippen LogP contribution in [0.2, 0.25) is 0 Å². The van der Waals surface area contributed by atoms with Gasteiger partial charge in [0, 0.05) is 60.0 Å². The Bertz CT molecular complexity index is 2920. The fourth-order valence-corrected chi connectivity index (χ4v) is 8.95. The maximum atomic E-state index is 4.85. The first kappa shape index (κ1) is 32.6. The minimum Gasteiger partial charge on any atom is -0.309 e. The number of pyridine rings is 2. The summed E-state index contributed by atoms with van der Waals surface area (Å²) in [5, 5.41) is 4.46. The summed E-state index contributed by atoms with van der Waals surface area (Å²) in [6.45, 7) is 6.73. The highest BCUT2D eigenvalue weighted by molar-refractivity contribution is 14.1. The number of hydrogen-bond acceptors (Lipinski definition) is 2. The molecular weight excluding hydrogens is 771 g/mol. The van der Waals surface area contributed by atoms with E-state index in [1.165, 1.54) is 53.9 Å². The average Bonchev–Trinajstić information content (AvgIpc) is 3.70. The summed E-state index contributed by atoms with van der Waals surface area (Å²) in [7, 11) is 0. The predicted octanol–water partition coefficient (Wildman–Crippen LogP) is 13.2. The Morgan fingerprint density at radius 1 is 0.426 bits per heavy atom. The summed E-state index contributed by atoms with van der Waals surface area (Å²) in [5.41, 5.74) is 17.7. The van der Waals surface area contributed by atoms with Crippen LogP contribution in [0.5, 0.6) is 0 Å². The molecule has 10 aromatic rings. The minimum atomic E-state index is 0.979. The number of aromatic nitrogens is 4. The van der Waals surface area contributed by atoms with Gasteiger partial charge in [0.2, 0.25) is 0 Å². The van der Waals surface area contributed by atoms with E-state index in [9.17, 15) is 0 Å². The molecule has 5 heteroatoms. The highest BCUT2D eigenvalue weighted by Crippen LogP contribution is 2.42. The third-order valence-corrected chi connectivity index (χ3v) is 12.0. The van der Waals surface area contributed by atoms with Crippen LogP contribution < -0.4 is 0 Å². The summed E-state index contributed by atoms with van der Waals surface area (Å²) in [5.74, 6) is 0. The maximum absolute atomic E-state index is 4.85. The number of halogens is 1. The summed E-state index contributed by atoms with van der Waals surface area (Å²) < 4.78 is 6.11. The Hall–Kier alpha value is -6.05. The van der Waals surface area contributed by atoms with Gasteiger partial charge >= 0.3 is 0 Å². The number of fused-ring (bicyclic) bond motifs is 7. The third kappa shape index (κ3) is 5.02. The zero-order valence-electron chi connectivity index (χ0n) is 30.2. The molecule has 0 aliphatic heterocycles. The number of aryl methyl sites for hydroxylation is 1. The van der Waals surface area contributed by atoms with Gasteiger partial charge in [-0.1, -0.05) is 103 Å². The zero-order valence-corrected chi connectivity index (χ0v) is 32.3. The van der Waals surface area contributed by atoms with E-state index in [1.54, 1.807) is 0 Å². The van der Waals surface area contributed by atoms with Crippen molar-refractivity contribution in [2.24, 2.45) is 0 Å². The fourth-order valence-electron chi connectivity index (χ4n) is 8.30. The van der Waals surface area contributed by atoms with Gasteiger partial charge in [0.1, 0.15) is 0 Å². The van der Waals surface area contributed by atoms with Crippen molar-refractivity contribution in [3.63, 3.8) is 0 Å². The molecule has 0 unspecified atom stereocenters. The summed E-state index contributed by atoms with van der Waals surface area (Å²) in [6, 6.07) is 52.3. The topological polar surface area (TPSA) is 35.6 Å². The first-order valence-corrected chi connectivity index (χ1v) is 19.4. The van der Waals surface area contributed by atoms with Crippen molar-refractivity contribution in [3.8, 4) is 45.0 Å². The van der Waals surface area contributed by atoms with Gasteiger partial charge in [0.15, 0.2) is 0 Å². The lowest BCUT2D eigenvalue weighted by Crippen LogP contribution is -2.02. The lowest BCUT2D eigenvalue weighted by Gasteiger charge is -2.18. The van der Waals surface area contributed by atoms with E-state index >= 15 is 0 Å². The van der Waals surface area contributed by atoms with E-state index in [-0.39, 0.29) is 0 Å². The van der Waals surface area contributed by atoms with Crippen LogP contribution in [0.1, 0.15) is 16.7 Å². The molecule has 0 atom stereocenters. The summed E-state index contributed by atoms with van der Waals surface area (Å²) >= 11 is 2.47. The van der Waals surface area contributed by atoms with Crippen LogP contribution in [0, 0.1) is 24.3 Å². The second-order valence-corrected chi connectivity index (χ2v) is 15.2. The Morgan fingerprint density at radius 3 is 1.41 bits per heavy atom. The molecule has 0 amide bonds. The van der Waals surface area contributed by atoms with E-state index < -0.39 is 0 Å². The van der Waals surface area contributed by atoms with Crippen molar-refractivity contribution in [1.82, 2.24) is 19.1 Å². The smallest absolute Gasteiger partial charge is 0.0723 e. The first-order chi connectivity index (χ1) is 26.5. The average molecular weight is 807 g/mol. The van der Waals surface area contributed by atoms with E-state index in [1.807, 2.05) is 12.4 Å². The number of hydrogen-bond donors (Lipinski definition) is 0. The van der Waals surface area contributed by atoms with Crippen LogP contribution in [0.3, 0.4) is 0 Å². The van der Waals surface area contributed by atoms with Crippen LogP contribution in [-0.2, 0) is 0 Å². The fraction of sp³-hybridized carbons (Fsp3) is 0.0612. The molecule has 0 radical (unpaired) electrons. The highest BCUT2D eigenvalue weighted by Gasteiger charge is 2.24. The quantitative estimate of drug-likeness (QED) is 0.162. The molecule has 4 heterocycles. The zero-order chi connectivity index (χ0) is 36.5. The standard InChI is InChI=1S/C49H35IN4/c1-30-12-4-5-13-37(30)46-31(2)32(3)47(38-14-6-9-17-43(38)50)53(46)35-24-20-33(21-25-35)34-22-26-36(27-23-34)54-48-39-15-7-10-18-44(39)51-28-41(48)42-29-52-45-19-11-8-16-40(45)49(42)54/h4-29H,1-3H3. The SMILES string of the molecule is Cc1ccccc1-c1c(C)c(C)c(-c2ccccc2I)n1-c1ccc(-c2ccc(-n3c4c5ccccc5ncc4c4cnc5ccccc5c43)cc2)cc1. The van der Waals surface area contributed by atoms with Crippen molar-refractivity contribution in [2.75, 3.05) is 0 Å². The van der Waals surface area contributed by atoms with Crippen molar-refractivity contribution in [2.45, 2.75) is 20.8 Å². The van der Waals surface area contributed by atoms with Gasteiger partial charge in [-0.05, 0) is 114 Å². The molecule has 0 bridgehead atoms. The molecule has 0 saturated heterocycles. The highest BCUT2D eigenvalue weighted by atomic mass is 127. The van der Waals surface area contributed by atoms with E-state index in [4.69, 9.17) is 9.97 Å². The van der Waals surface area contributed by atoms with Gasteiger partial charge in [-0.3, -0.25) is 9.97 Å². The van der Waals surface area contributed by atoms with Crippen LogP contribution in [0.15, 0.2) is 158 Å². The molecule has 4 aromatic heterocycles. The van der Waals surface area contributed by atoms with Gasteiger partial charge in [-0.2, -0.15) is 0 Å². The maximum Gasteiger partial charge on any atom is 0.0723 e. The van der Waals surface area contributed by atoms with Gasteiger partial charge in [0.25, 0.3) is 0 Å². The molecule has 258 valence electrons. The van der Waals surface area contributed by atoms with Crippen molar-refractivity contribution in [1.29, 1.82) is 0 Å². The van der Waals surface area contributed by atoms with Crippen LogP contribution in [0.25, 0.3) is 88.6 Å². The molecule has 0 aliphatic rings. The Kier molecular flexibility index (Phi) is 7.73. The summed E-state index contributed by atoms with van der Waals surface area (Å²) in [4.78, 5) is 9.69. The lowest BCUT2D eigenvalue weighted by atomic mass is 10.0. The van der Waals surface area contributed by atoms with Crippen LogP contribution in [0.4, 0.5) is 0 Å². The molecule has 0 N–H and O–H groups in total. The second kappa shape index (κ2) is 12.8. The molecule has 0 aliphatic carbocycles. The Morgan fingerprint density at radius 2 is 0.870 bits per heavy atom. The molecule has 10 rings (SSSR count). The number of nitrogens with zero attached hydrogens (tertiary/aromatic N) is 4. The van der Waals surface area contributed by atoms with Crippen molar-refractivity contribution >= 4 is 66.2 Å². The predicted molar refractivity (Wildman–Crippen MR) is 234 cm³/mol. The van der Waals surface area contributed by atoms with E-state index in [0.717, 1.165) is 55.0 Å². The minimum absolute atomic E-state index is 0.979. The van der Waals surface area contributed by atoms with Crippen molar-refractivity contribution in [3.05, 3.63) is 178 Å². The molecule has 0 spiro atoms. The molecular formula is C49H35IN4. The van der Waals surface area contributed by atoms with Gasteiger partial charge in [-0.25, -0.2) is 0 Å². The third-order valence-electron chi connectivity index (χ3n) is 11.1. The molecule has 0 fully saturated rings. The molecule has 4 nitrogen and oxygen atoms in total. The van der Waals surface area contributed by atoms with Crippen LogP contribution in [-0.4, -0.2) is 19.1 Å². The number of para-hydroxylation sites is 2. The summed E-state index contributed by atoms with van der Waals surface area (Å²) in [6.07, 6.45) is 4.01. The normalized spacial score (nSPS) is 11.7. The second-order valence-electron chi connectivity index (χ2n) is 14.1. The largest absolute Gasteiger partial charge is 0.309 e. The van der Waals surface area contributed by atoms with E-state index in [0.29, 0.717) is 0 Å². The lowest BCUT2D eigenvalue weighted by molar-refractivity contribution is 1.08. The molecule has 0 saturated carbocycles. The van der Waals surface area contributed by atoms with Gasteiger partial charge < -0.3 is 9.13 Å². The van der Waals surface area contributed by atoms with Gasteiger partial charge in [-0.15, -0.1) is 0 Å². The van der Waals surface area contributed by atoms with Crippen molar-refractivity contribution < 1.29 is 0 Å². The van der Waals surface area contributed by atoms with E-state index in [2.05, 4.69) is 198 Å². The van der Waals surface area contributed by atoms with Crippen LogP contribution >= 0.6 is 22.6 Å². The number of rotatable bonds is 5. The Labute approximate surface area is 327 Å². The first-order valence-electron chi connectivity index (χ1n) is 18.3. The Balaban J connectivity index is 1.11. The molecule has 54 heavy (non-hydrogen) atoms. The molecule has 6 aromatic carbocycles. The van der Waals surface area contributed by atoms with Gasteiger partial charge in [0.05, 0.1) is 33.5 Å². The number of benzene rings is 6.